The first-order valence-corrected chi connectivity index (χ1v) is 6.95. The topological polar surface area (TPSA) is 91.5 Å². The number of aromatic nitrogens is 2. The van der Waals surface area contributed by atoms with E-state index in [0.717, 1.165) is 6.42 Å². The van der Waals surface area contributed by atoms with Gasteiger partial charge in [-0.2, -0.15) is 0 Å². The highest BCUT2D eigenvalue weighted by atomic mass is 19.1. The van der Waals surface area contributed by atoms with E-state index in [1.54, 1.807) is 0 Å². The number of carbonyl (C=O) groups is 1. The van der Waals surface area contributed by atoms with Gasteiger partial charge in [-0.1, -0.05) is 5.10 Å². The van der Waals surface area contributed by atoms with E-state index in [4.69, 9.17) is 4.42 Å². The van der Waals surface area contributed by atoms with Gasteiger partial charge in [0.2, 0.25) is 5.89 Å². The Hall–Kier alpha value is -2.48. The van der Waals surface area contributed by atoms with E-state index >= 15 is 0 Å². The number of likely N-dealkylation sites (tertiary alicyclic amines) is 1. The van der Waals surface area contributed by atoms with Crippen molar-refractivity contribution < 1.29 is 18.7 Å². The molecule has 8 heteroatoms. The van der Waals surface area contributed by atoms with Crippen LogP contribution in [0.5, 0.6) is 0 Å². The fourth-order valence-electron chi connectivity index (χ4n) is 2.29. The number of hydrogen-bond acceptors (Lipinski definition) is 5. The van der Waals surface area contributed by atoms with Crippen molar-refractivity contribution in [3.8, 4) is 11.5 Å². The molecule has 1 atom stereocenters. The van der Waals surface area contributed by atoms with Gasteiger partial charge in [0.25, 0.3) is 0 Å². The summed E-state index contributed by atoms with van der Waals surface area (Å²) in [5.41, 5.74) is 0.558. The second-order valence-electron chi connectivity index (χ2n) is 5.09. The van der Waals surface area contributed by atoms with Crippen LogP contribution in [-0.2, 0) is 0 Å². The highest BCUT2D eigenvalue weighted by molar-refractivity contribution is 5.87. The summed E-state index contributed by atoms with van der Waals surface area (Å²) in [4.78, 5) is 13.5. The molecule has 2 amide bonds. The SMILES string of the molecule is O=C(Nc1nnc(-c2ccc(F)cc2)o1)N1CCCC(O)C1. The van der Waals surface area contributed by atoms with Crippen molar-refractivity contribution in [1.82, 2.24) is 15.1 Å². The number of rotatable bonds is 2. The van der Waals surface area contributed by atoms with Crippen LogP contribution >= 0.6 is 0 Å². The van der Waals surface area contributed by atoms with Crippen LogP contribution in [0.3, 0.4) is 0 Å². The first kappa shape index (κ1) is 14.5. The van der Waals surface area contributed by atoms with E-state index in [0.29, 0.717) is 18.5 Å². The minimum atomic E-state index is -0.503. The van der Waals surface area contributed by atoms with Crippen LogP contribution in [0, 0.1) is 5.82 Å². The lowest BCUT2D eigenvalue weighted by molar-refractivity contribution is 0.0882. The number of carbonyl (C=O) groups excluding carboxylic acids is 1. The van der Waals surface area contributed by atoms with Crippen LogP contribution in [0.2, 0.25) is 0 Å². The quantitative estimate of drug-likeness (QED) is 0.883. The van der Waals surface area contributed by atoms with E-state index in [1.165, 1.54) is 29.2 Å². The predicted molar refractivity (Wildman–Crippen MR) is 75.5 cm³/mol. The minimum absolute atomic E-state index is 0.0376. The van der Waals surface area contributed by atoms with E-state index in [2.05, 4.69) is 15.5 Å². The lowest BCUT2D eigenvalue weighted by Crippen LogP contribution is -2.44. The molecule has 0 aliphatic carbocycles. The van der Waals surface area contributed by atoms with Gasteiger partial charge in [0.15, 0.2) is 0 Å². The van der Waals surface area contributed by atoms with Crippen molar-refractivity contribution in [3.05, 3.63) is 30.1 Å². The Morgan fingerprint density at radius 1 is 1.36 bits per heavy atom. The number of urea groups is 1. The zero-order valence-corrected chi connectivity index (χ0v) is 11.7. The number of hydrogen-bond donors (Lipinski definition) is 2. The maximum atomic E-state index is 12.9. The van der Waals surface area contributed by atoms with E-state index in [9.17, 15) is 14.3 Å². The van der Waals surface area contributed by atoms with Crippen molar-refractivity contribution in [2.75, 3.05) is 18.4 Å². The Kier molecular flexibility index (Phi) is 4.01. The number of β-amino-alcohol motifs (C(OH)–C–C–N with tert-alkyl or cyclic N) is 1. The molecule has 1 unspecified atom stereocenters. The maximum Gasteiger partial charge on any atom is 0.325 e. The highest BCUT2D eigenvalue weighted by Crippen LogP contribution is 2.20. The summed E-state index contributed by atoms with van der Waals surface area (Å²) in [6, 6.07) is 5.16. The fraction of sp³-hybridized carbons (Fsp3) is 0.357. The Balaban J connectivity index is 1.66. The van der Waals surface area contributed by atoms with Crippen LogP contribution < -0.4 is 5.32 Å². The number of benzene rings is 1. The van der Waals surface area contributed by atoms with Gasteiger partial charge in [-0.15, -0.1) is 5.10 Å². The molecule has 1 fully saturated rings. The van der Waals surface area contributed by atoms with Crippen LogP contribution in [0.25, 0.3) is 11.5 Å². The molecule has 1 saturated heterocycles. The molecule has 1 aliphatic rings. The third-order valence-corrected chi connectivity index (χ3v) is 3.41. The van der Waals surface area contributed by atoms with Crippen LogP contribution in [-0.4, -0.2) is 45.4 Å². The molecule has 1 aromatic heterocycles. The molecular formula is C14H15FN4O3. The van der Waals surface area contributed by atoms with Crippen LogP contribution in [0.1, 0.15) is 12.8 Å². The van der Waals surface area contributed by atoms with Gasteiger partial charge in [0.1, 0.15) is 5.82 Å². The third kappa shape index (κ3) is 3.22. The molecule has 7 nitrogen and oxygen atoms in total. The van der Waals surface area contributed by atoms with Gasteiger partial charge >= 0.3 is 12.0 Å². The molecule has 0 spiro atoms. The molecule has 116 valence electrons. The number of halogens is 1. The summed E-state index contributed by atoms with van der Waals surface area (Å²) in [5.74, 6) is -0.172. The average molecular weight is 306 g/mol. The molecule has 1 aliphatic heterocycles. The van der Waals surface area contributed by atoms with Crippen molar-refractivity contribution in [2.24, 2.45) is 0 Å². The number of piperidine rings is 1. The summed E-state index contributed by atoms with van der Waals surface area (Å²) in [7, 11) is 0. The second-order valence-corrected chi connectivity index (χ2v) is 5.09. The Bertz CT molecular complexity index is 658. The normalized spacial score (nSPS) is 18.3. The van der Waals surface area contributed by atoms with Gasteiger partial charge in [0, 0.05) is 18.7 Å². The lowest BCUT2D eigenvalue weighted by atomic mass is 10.1. The zero-order chi connectivity index (χ0) is 15.5. The number of aliphatic hydroxyl groups excluding tert-OH is 1. The molecule has 0 bridgehead atoms. The Morgan fingerprint density at radius 3 is 2.86 bits per heavy atom. The fourth-order valence-corrected chi connectivity index (χ4v) is 2.29. The minimum Gasteiger partial charge on any atom is -0.403 e. The molecule has 2 aromatic rings. The van der Waals surface area contributed by atoms with Crippen LogP contribution in [0.4, 0.5) is 15.2 Å². The van der Waals surface area contributed by atoms with Gasteiger partial charge in [-0.05, 0) is 37.1 Å². The lowest BCUT2D eigenvalue weighted by Gasteiger charge is -2.29. The Labute approximate surface area is 125 Å². The smallest absolute Gasteiger partial charge is 0.325 e. The number of amides is 2. The number of nitrogens with one attached hydrogen (secondary N) is 1. The molecule has 1 aromatic carbocycles. The molecular weight excluding hydrogens is 291 g/mol. The molecule has 2 N–H and O–H groups in total. The summed E-state index contributed by atoms with van der Waals surface area (Å²) >= 11 is 0. The maximum absolute atomic E-state index is 12.9. The van der Waals surface area contributed by atoms with Crippen molar-refractivity contribution in [1.29, 1.82) is 0 Å². The Morgan fingerprint density at radius 2 is 2.14 bits per heavy atom. The monoisotopic (exact) mass is 306 g/mol. The molecule has 0 saturated carbocycles. The first-order valence-electron chi connectivity index (χ1n) is 6.95. The molecule has 3 rings (SSSR count). The van der Waals surface area contributed by atoms with Crippen molar-refractivity contribution in [3.63, 3.8) is 0 Å². The molecule has 0 radical (unpaired) electrons. The zero-order valence-electron chi connectivity index (χ0n) is 11.7. The number of aliphatic hydroxyl groups is 1. The second kappa shape index (κ2) is 6.10. The summed E-state index contributed by atoms with van der Waals surface area (Å²) < 4.78 is 18.2. The highest BCUT2D eigenvalue weighted by Gasteiger charge is 2.23. The predicted octanol–water partition coefficient (Wildman–Crippen LogP) is 1.86. The standard InChI is InChI=1S/C14H15FN4O3/c15-10-5-3-9(4-6-10)12-17-18-13(22-12)16-14(21)19-7-1-2-11(20)8-19/h3-6,11,20H,1-2,7-8H2,(H,16,18,21). The molecule has 22 heavy (non-hydrogen) atoms. The number of nitrogens with zero attached hydrogens (tertiary/aromatic N) is 3. The third-order valence-electron chi connectivity index (χ3n) is 3.41. The van der Waals surface area contributed by atoms with Gasteiger partial charge in [-0.3, -0.25) is 5.32 Å². The largest absolute Gasteiger partial charge is 0.403 e. The van der Waals surface area contributed by atoms with Gasteiger partial charge < -0.3 is 14.4 Å². The first-order chi connectivity index (χ1) is 10.6. The summed E-state index contributed by atoms with van der Waals surface area (Å²) in [6.45, 7) is 0.854. The van der Waals surface area contributed by atoms with Crippen molar-refractivity contribution in [2.45, 2.75) is 18.9 Å². The van der Waals surface area contributed by atoms with Crippen molar-refractivity contribution >= 4 is 12.0 Å². The van der Waals surface area contributed by atoms with E-state index in [1.807, 2.05) is 0 Å². The van der Waals surface area contributed by atoms with Gasteiger partial charge in [0.05, 0.1) is 6.10 Å². The van der Waals surface area contributed by atoms with E-state index in [-0.39, 0.29) is 24.3 Å². The average Bonchev–Trinajstić information content (AvgIpc) is 2.96. The molecule has 2 heterocycles. The number of anilines is 1. The van der Waals surface area contributed by atoms with E-state index < -0.39 is 12.1 Å². The van der Waals surface area contributed by atoms with Gasteiger partial charge in [-0.25, -0.2) is 9.18 Å². The summed E-state index contributed by atoms with van der Waals surface area (Å²) in [5, 5.41) is 19.6. The van der Waals surface area contributed by atoms with Crippen LogP contribution in [0.15, 0.2) is 28.7 Å². The summed E-state index contributed by atoms with van der Waals surface area (Å²) in [6.07, 6.45) is 0.940.